The number of thiophene rings is 1. The largest absolute Gasteiger partial charge is 0.290 e. The summed E-state index contributed by atoms with van der Waals surface area (Å²) in [4.78, 5) is 19.8. The molecule has 0 aliphatic carbocycles. The van der Waals surface area contributed by atoms with Crippen LogP contribution in [0.25, 0.3) is 21.3 Å². The van der Waals surface area contributed by atoms with Crippen molar-refractivity contribution in [3.63, 3.8) is 0 Å². The second-order valence-corrected chi connectivity index (χ2v) is 8.77. The van der Waals surface area contributed by atoms with Crippen molar-refractivity contribution >= 4 is 45.1 Å². The Balaban J connectivity index is 1.67. The van der Waals surface area contributed by atoms with Gasteiger partial charge in [-0.05, 0) is 29.5 Å². The van der Waals surface area contributed by atoms with E-state index in [9.17, 15) is 4.79 Å². The summed E-state index contributed by atoms with van der Waals surface area (Å²) >= 11 is 4.87. The third kappa shape index (κ3) is 3.70. The van der Waals surface area contributed by atoms with Crippen LogP contribution >= 0.6 is 34.9 Å². The van der Waals surface area contributed by atoms with E-state index in [1.165, 1.54) is 21.8 Å². The molecular formula is C21H18N2OS3. The molecule has 4 aromatic rings. The van der Waals surface area contributed by atoms with Crippen LogP contribution < -0.4 is 5.56 Å². The van der Waals surface area contributed by atoms with Crippen molar-refractivity contribution in [1.82, 2.24) is 9.55 Å². The van der Waals surface area contributed by atoms with Crippen molar-refractivity contribution in [3.05, 3.63) is 75.9 Å². The third-order valence-electron chi connectivity index (χ3n) is 4.39. The van der Waals surface area contributed by atoms with Crippen molar-refractivity contribution in [2.75, 3.05) is 6.26 Å². The molecule has 0 amide bonds. The maximum absolute atomic E-state index is 13.0. The Morgan fingerprint density at radius 1 is 1.07 bits per heavy atom. The number of hydrogen-bond acceptors (Lipinski definition) is 5. The lowest BCUT2D eigenvalue weighted by Crippen LogP contribution is -2.19. The molecule has 2 heterocycles. The van der Waals surface area contributed by atoms with Crippen LogP contribution in [0.15, 0.2) is 74.8 Å². The lowest BCUT2D eigenvalue weighted by molar-refractivity contribution is 0.728. The first-order chi connectivity index (χ1) is 13.2. The molecular weight excluding hydrogens is 392 g/mol. The van der Waals surface area contributed by atoms with E-state index in [-0.39, 0.29) is 5.56 Å². The van der Waals surface area contributed by atoms with Gasteiger partial charge in [0, 0.05) is 28.6 Å². The normalized spacial score (nSPS) is 11.2. The van der Waals surface area contributed by atoms with E-state index in [0.29, 0.717) is 5.39 Å². The lowest BCUT2D eigenvalue weighted by atomic mass is 10.1. The van der Waals surface area contributed by atoms with Gasteiger partial charge >= 0.3 is 0 Å². The highest BCUT2D eigenvalue weighted by molar-refractivity contribution is 7.98. The van der Waals surface area contributed by atoms with Gasteiger partial charge in [-0.3, -0.25) is 9.36 Å². The van der Waals surface area contributed by atoms with E-state index in [1.54, 1.807) is 35.1 Å². The minimum absolute atomic E-state index is 0.0142. The molecule has 0 radical (unpaired) electrons. The maximum Gasteiger partial charge on any atom is 0.263 e. The summed E-state index contributed by atoms with van der Waals surface area (Å²) in [6, 6.07) is 18.5. The number of rotatable bonds is 5. The summed E-state index contributed by atoms with van der Waals surface area (Å²) in [5.41, 5.74) is 3.26. The second kappa shape index (κ2) is 7.92. The van der Waals surface area contributed by atoms with Gasteiger partial charge in [-0.25, -0.2) is 4.98 Å². The predicted octanol–water partition coefficient (Wildman–Crippen LogP) is 5.68. The van der Waals surface area contributed by atoms with Gasteiger partial charge in [0.05, 0.1) is 5.39 Å². The van der Waals surface area contributed by atoms with Gasteiger partial charge in [-0.2, -0.15) is 0 Å². The van der Waals surface area contributed by atoms with Gasteiger partial charge in [-0.1, -0.05) is 54.2 Å². The van der Waals surface area contributed by atoms with E-state index in [0.717, 1.165) is 26.9 Å². The van der Waals surface area contributed by atoms with Gasteiger partial charge < -0.3 is 0 Å². The van der Waals surface area contributed by atoms with E-state index in [4.69, 9.17) is 4.98 Å². The van der Waals surface area contributed by atoms with E-state index < -0.39 is 0 Å². The molecule has 136 valence electrons. The molecule has 0 bridgehead atoms. The van der Waals surface area contributed by atoms with Crippen molar-refractivity contribution < 1.29 is 0 Å². The zero-order valence-electron chi connectivity index (χ0n) is 15.0. The van der Waals surface area contributed by atoms with Crippen molar-refractivity contribution in [2.45, 2.75) is 15.8 Å². The first-order valence-corrected chi connectivity index (χ1v) is 11.6. The molecule has 3 nitrogen and oxygen atoms in total. The summed E-state index contributed by atoms with van der Waals surface area (Å²) < 4.78 is 1.67. The van der Waals surface area contributed by atoms with E-state index in [1.807, 2.05) is 35.7 Å². The average Bonchev–Trinajstić information content (AvgIpc) is 3.14. The minimum Gasteiger partial charge on any atom is -0.290 e. The van der Waals surface area contributed by atoms with Crippen molar-refractivity contribution in [1.29, 1.82) is 0 Å². The molecule has 6 heteroatoms. The Morgan fingerprint density at radius 3 is 2.52 bits per heavy atom. The standard InChI is InChI=1S/C21H18N2OS3/c1-23-20(24)18-17(15-6-4-3-5-7-15)13-26-19(18)22-21(23)27-12-14-8-10-16(25-2)11-9-14/h3-11,13H,12H2,1-2H3. The summed E-state index contributed by atoms with van der Waals surface area (Å²) in [6.07, 6.45) is 2.07. The van der Waals surface area contributed by atoms with Crippen LogP contribution in [-0.4, -0.2) is 15.8 Å². The van der Waals surface area contributed by atoms with Crippen molar-refractivity contribution in [3.8, 4) is 11.1 Å². The zero-order chi connectivity index (χ0) is 18.8. The summed E-state index contributed by atoms with van der Waals surface area (Å²) in [5, 5.41) is 3.49. The molecule has 27 heavy (non-hydrogen) atoms. The Kier molecular flexibility index (Phi) is 5.38. The van der Waals surface area contributed by atoms with Crippen LogP contribution in [0.2, 0.25) is 0 Å². The Labute approximate surface area is 170 Å². The maximum atomic E-state index is 13.0. The van der Waals surface area contributed by atoms with Gasteiger partial charge in [0.15, 0.2) is 5.16 Å². The third-order valence-corrected chi connectivity index (χ3v) is 7.10. The SMILES string of the molecule is CSc1ccc(CSc2nc3scc(-c4ccccc4)c3c(=O)n2C)cc1. The molecule has 0 spiro atoms. The van der Waals surface area contributed by atoms with Crippen LogP contribution in [0.1, 0.15) is 5.56 Å². The first kappa shape index (κ1) is 18.3. The molecule has 4 rings (SSSR count). The Bertz CT molecular complexity index is 1130. The number of thioether (sulfide) groups is 2. The van der Waals surface area contributed by atoms with Crippen LogP contribution in [0.4, 0.5) is 0 Å². The monoisotopic (exact) mass is 410 g/mol. The minimum atomic E-state index is 0.0142. The molecule has 2 aromatic carbocycles. The highest BCUT2D eigenvalue weighted by atomic mass is 32.2. The van der Waals surface area contributed by atoms with Crippen LogP contribution in [0.5, 0.6) is 0 Å². The number of hydrogen-bond donors (Lipinski definition) is 0. The molecule has 0 unspecified atom stereocenters. The molecule has 2 aromatic heterocycles. The van der Waals surface area contributed by atoms with Gasteiger partial charge in [-0.15, -0.1) is 23.1 Å². The highest BCUT2D eigenvalue weighted by Crippen LogP contribution is 2.32. The molecule has 0 saturated heterocycles. The highest BCUT2D eigenvalue weighted by Gasteiger charge is 2.15. The molecule has 0 aliphatic rings. The number of aromatic nitrogens is 2. The Morgan fingerprint density at radius 2 is 1.81 bits per heavy atom. The topological polar surface area (TPSA) is 34.9 Å². The second-order valence-electron chi connectivity index (χ2n) is 6.09. The van der Waals surface area contributed by atoms with Gasteiger partial charge in [0.1, 0.15) is 4.83 Å². The summed E-state index contributed by atoms with van der Waals surface area (Å²) in [6.45, 7) is 0. The summed E-state index contributed by atoms with van der Waals surface area (Å²) in [7, 11) is 1.81. The predicted molar refractivity (Wildman–Crippen MR) is 118 cm³/mol. The first-order valence-electron chi connectivity index (χ1n) is 8.47. The molecule has 0 saturated carbocycles. The molecule has 0 atom stereocenters. The fourth-order valence-electron chi connectivity index (χ4n) is 2.88. The van der Waals surface area contributed by atoms with Crippen LogP contribution in [0, 0.1) is 0 Å². The van der Waals surface area contributed by atoms with Gasteiger partial charge in [0.2, 0.25) is 0 Å². The number of benzene rings is 2. The zero-order valence-corrected chi connectivity index (χ0v) is 17.5. The fourth-order valence-corrected chi connectivity index (χ4v) is 5.21. The smallest absolute Gasteiger partial charge is 0.263 e. The van der Waals surface area contributed by atoms with E-state index in [2.05, 4.69) is 30.5 Å². The number of nitrogens with zero attached hydrogens (tertiary/aromatic N) is 2. The van der Waals surface area contributed by atoms with Crippen LogP contribution in [-0.2, 0) is 12.8 Å². The van der Waals surface area contributed by atoms with Crippen LogP contribution in [0.3, 0.4) is 0 Å². The van der Waals surface area contributed by atoms with Crippen molar-refractivity contribution in [2.24, 2.45) is 7.05 Å². The Hall–Kier alpha value is -2.02. The number of fused-ring (bicyclic) bond motifs is 1. The average molecular weight is 411 g/mol. The lowest BCUT2D eigenvalue weighted by Gasteiger charge is -2.08. The molecule has 0 aliphatic heterocycles. The van der Waals surface area contributed by atoms with Gasteiger partial charge in [0.25, 0.3) is 5.56 Å². The molecule has 0 fully saturated rings. The quantitative estimate of drug-likeness (QED) is 0.313. The molecule has 0 N–H and O–H groups in total. The van der Waals surface area contributed by atoms with E-state index >= 15 is 0 Å². The fraction of sp³-hybridized carbons (Fsp3) is 0.143. The summed E-state index contributed by atoms with van der Waals surface area (Å²) in [5.74, 6) is 0.789.